The third-order valence-electron chi connectivity index (χ3n) is 7.63. The number of thiazole rings is 1. The van der Waals surface area contributed by atoms with Gasteiger partial charge in [0.2, 0.25) is 0 Å². The van der Waals surface area contributed by atoms with Crippen molar-refractivity contribution in [1.29, 1.82) is 0 Å². The third-order valence-corrected chi connectivity index (χ3v) is 9.07. The Morgan fingerprint density at radius 2 is 2.00 bits per heavy atom. The lowest BCUT2D eigenvalue weighted by Gasteiger charge is -2.37. The Morgan fingerprint density at radius 3 is 2.56 bits per heavy atom. The Labute approximate surface area is 239 Å². The van der Waals surface area contributed by atoms with E-state index in [9.17, 15) is 20.2 Å². The number of rotatable bonds is 5. The van der Waals surface area contributed by atoms with E-state index in [1.54, 1.807) is 13.8 Å². The molecule has 9 atom stereocenters. The van der Waals surface area contributed by atoms with Crippen LogP contribution in [0, 0.1) is 24.2 Å². The van der Waals surface area contributed by atoms with E-state index in [4.69, 9.17) is 13.8 Å². The maximum Gasteiger partial charge on any atom is 0.309 e. The van der Waals surface area contributed by atoms with E-state index in [0.29, 0.717) is 24.8 Å². The van der Waals surface area contributed by atoms with Crippen LogP contribution in [0.1, 0.15) is 77.4 Å². The summed E-state index contributed by atoms with van der Waals surface area (Å²) in [6.07, 6.45) is 0.566. The highest BCUT2D eigenvalue weighted by Gasteiger charge is 2.44. The quantitative estimate of drug-likeness (QED) is 0.144. The Hall–Kier alpha value is -1.44. The Morgan fingerprint density at radius 1 is 1.31 bits per heavy atom. The number of carbonyl (C=O) groups is 2. The molecule has 218 valence electrons. The zero-order valence-electron chi connectivity index (χ0n) is 23.6. The molecule has 0 spiro atoms. The number of aromatic nitrogens is 1. The normalized spacial score (nSPS) is 31.8. The average Bonchev–Trinajstić information content (AvgIpc) is 3.29. The number of aliphatic hydroxyl groups is 1. The van der Waals surface area contributed by atoms with Crippen LogP contribution in [-0.4, -0.2) is 52.3 Å². The van der Waals surface area contributed by atoms with Crippen molar-refractivity contribution in [2.24, 2.45) is 22.4 Å². The van der Waals surface area contributed by atoms with Gasteiger partial charge < -0.3 is 18.9 Å². The van der Waals surface area contributed by atoms with Crippen molar-refractivity contribution in [2.75, 3.05) is 0 Å². The second kappa shape index (κ2) is 15.5. The number of ether oxygens (including phenoxy) is 1. The molecule has 2 rings (SSSR count). The van der Waals surface area contributed by atoms with Crippen LogP contribution in [0.5, 0.6) is 0 Å². The molecular formula is C26H42N4O6P2S. The van der Waals surface area contributed by atoms with Crippen LogP contribution in [0.3, 0.4) is 0 Å². The highest BCUT2D eigenvalue weighted by atomic mass is 32.1. The first-order chi connectivity index (χ1) is 18.3. The Bertz CT molecular complexity index is 1060. The highest BCUT2D eigenvalue weighted by molar-refractivity contribution is 7.10. The van der Waals surface area contributed by atoms with E-state index in [0.717, 1.165) is 10.7 Å². The van der Waals surface area contributed by atoms with Crippen LogP contribution in [-0.2, 0) is 23.4 Å². The smallest absolute Gasteiger partial charge is 0.309 e. The van der Waals surface area contributed by atoms with Gasteiger partial charge in [0.05, 0.1) is 46.9 Å². The molecule has 0 radical (unpaired) electrons. The molecule has 1 aromatic heterocycles. The van der Waals surface area contributed by atoms with Crippen molar-refractivity contribution in [3.8, 4) is 0 Å². The van der Waals surface area contributed by atoms with Crippen molar-refractivity contribution in [3.63, 3.8) is 0 Å². The summed E-state index contributed by atoms with van der Waals surface area (Å²) in [7, 11) is 4.43. The molecule has 1 saturated heterocycles. The summed E-state index contributed by atoms with van der Waals surface area (Å²) in [5.74, 6) is -1.12. The molecule has 39 heavy (non-hydrogen) atoms. The van der Waals surface area contributed by atoms with Crippen LogP contribution < -0.4 is 0 Å². The van der Waals surface area contributed by atoms with Crippen molar-refractivity contribution in [1.82, 2.24) is 4.98 Å². The summed E-state index contributed by atoms with van der Waals surface area (Å²) in [6, 6.07) is -0.809. The fraction of sp³-hybridized carbons (Fsp3) is 0.731. The fourth-order valence-corrected chi connectivity index (χ4v) is 6.65. The molecule has 0 saturated carbocycles. The highest BCUT2D eigenvalue weighted by Crippen LogP contribution is 2.36. The van der Waals surface area contributed by atoms with Gasteiger partial charge in [0.25, 0.3) is 0 Å². The van der Waals surface area contributed by atoms with Gasteiger partial charge in [0.15, 0.2) is 0 Å². The van der Waals surface area contributed by atoms with Gasteiger partial charge in [0, 0.05) is 35.1 Å². The summed E-state index contributed by atoms with van der Waals surface area (Å²) in [5, 5.41) is 17.6. The maximum atomic E-state index is 13.7. The molecular weight excluding hydrogens is 558 g/mol. The number of esters is 1. The van der Waals surface area contributed by atoms with Crippen LogP contribution in [0.4, 0.5) is 0 Å². The van der Waals surface area contributed by atoms with Gasteiger partial charge in [0.1, 0.15) is 11.9 Å². The monoisotopic (exact) mass is 600 g/mol. The van der Waals surface area contributed by atoms with Gasteiger partial charge in [-0.3, -0.25) is 9.59 Å². The van der Waals surface area contributed by atoms with Crippen molar-refractivity contribution >= 4 is 48.1 Å². The van der Waals surface area contributed by atoms with Gasteiger partial charge in [-0.1, -0.05) is 39.2 Å². The summed E-state index contributed by atoms with van der Waals surface area (Å²) in [4.78, 5) is 34.3. The topological polar surface area (TPSA) is 144 Å². The predicted molar refractivity (Wildman–Crippen MR) is 159 cm³/mol. The van der Waals surface area contributed by atoms with Crippen LogP contribution >= 0.6 is 30.3 Å². The number of hydrogen-bond donors (Lipinski definition) is 1. The number of cyclic esters (lactones) is 1. The number of azide groups is 1. The maximum absolute atomic E-state index is 13.7. The SMILES string of the molecule is C/C(=C\c1csc(C)n1)C1CC(N=[N+]=[N-])C(O)CCCC(C)C(OP)C(C)C(=O)C(C)(C)C(OP)CC(=O)O1. The lowest BCUT2D eigenvalue weighted by Crippen LogP contribution is -2.46. The number of carbonyl (C=O) groups excluding carboxylic acids is 2. The third kappa shape index (κ3) is 9.29. The molecule has 0 amide bonds. The number of hydrogen-bond acceptors (Lipinski definition) is 9. The first-order valence-electron chi connectivity index (χ1n) is 13.1. The van der Waals surface area contributed by atoms with Gasteiger partial charge in [-0.2, -0.15) is 0 Å². The molecule has 1 aliphatic heterocycles. The number of Topliss-reactive ketones (excluding diaryl/α,β-unsaturated/α-hetero) is 1. The van der Waals surface area contributed by atoms with Crippen LogP contribution in [0.15, 0.2) is 16.1 Å². The molecule has 0 aromatic carbocycles. The largest absolute Gasteiger partial charge is 0.458 e. The summed E-state index contributed by atoms with van der Waals surface area (Å²) >= 11 is 1.50. The van der Waals surface area contributed by atoms with E-state index < -0.39 is 41.7 Å². The lowest BCUT2D eigenvalue weighted by atomic mass is 9.73. The molecule has 10 nitrogen and oxygen atoms in total. The van der Waals surface area contributed by atoms with E-state index in [-0.39, 0.29) is 30.6 Å². The minimum Gasteiger partial charge on any atom is -0.458 e. The number of ketones is 1. The lowest BCUT2D eigenvalue weighted by molar-refractivity contribution is -0.153. The second-order valence-electron chi connectivity index (χ2n) is 10.9. The molecule has 1 aromatic rings. The van der Waals surface area contributed by atoms with Gasteiger partial charge in [-0.15, -0.1) is 11.3 Å². The first-order valence-corrected chi connectivity index (χ1v) is 14.9. The van der Waals surface area contributed by atoms with E-state index in [2.05, 4.69) is 33.9 Å². The average molecular weight is 601 g/mol. The molecule has 2 heterocycles. The Kier molecular flexibility index (Phi) is 13.4. The molecule has 1 aliphatic rings. The van der Waals surface area contributed by atoms with Crippen LogP contribution in [0.2, 0.25) is 0 Å². The van der Waals surface area contributed by atoms with Crippen molar-refractivity contribution in [2.45, 2.75) is 104 Å². The van der Waals surface area contributed by atoms with Crippen LogP contribution in [0.25, 0.3) is 16.5 Å². The minimum atomic E-state index is -1.01. The zero-order chi connectivity index (χ0) is 29.3. The molecule has 13 heteroatoms. The van der Waals surface area contributed by atoms with Gasteiger partial charge in [-0.05, 0) is 56.2 Å². The standard InChI is InChI=1S/C26H42N4O6P2S/c1-14-8-7-9-20(31)19(29-30-27)11-21(15(2)10-18-13-39-17(4)28-18)34-23(32)12-22(35-37)26(5,6)25(33)16(3)24(14)36-38/h10,13-14,16,19-22,24,31H,7-9,11-12,37-38H2,1-6H3/b15-10+. The zero-order valence-corrected chi connectivity index (χ0v) is 26.7. The first kappa shape index (κ1) is 33.8. The molecule has 1 fully saturated rings. The second-order valence-corrected chi connectivity index (χ2v) is 12.6. The van der Waals surface area contributed by atoms with E-state index in [1.165, 1.54) is 11.3 Å². The van der Waals surface area contributed by atoms with E-state index >= 15 is 0 Å². The molecule has 0 bridgehead atoms. The van der Waals surface area contributed by atoms with Crippen molar-refractivity contribution < 1.29 is 28.5 Å². The predicted octanol–water partition coefficient (Wildman–Crippen LogP) is 5.99. The molecule has 9 unspecified atom stereocenters. The summed E-state index contributed by atoms with van der Waals surface area (Å²) in [5.41, 5.74) is 9.63. The van der Waals surface area contributed by atoms with E-state index in [1.807, 2.05) is 39.2 Å². The minimum absolute atomic E-state index is 0.00935. The molecule has 0 aliphatic carbocycles. The Balaban J connectivity index is 2.48. The number of aryl methyl sites for hydroxylation is 1. The summed E-state index contributed by atoms with van der Waals surface area (Å²) < 4.78 is 17.2. The fourth-order valence-electron chi connectivity index (χ4n) is 5.14. The summed E-state index contributed by atoms with van der Waals surface area (Å²) in [6.45, 7) is 11.1. The number of aliphatic hydroxyl groups excluding tert-OH is 1. The number of nitrogens with zero attached hydrogens (tertiary/aromatic N) is 4. The van der Waals surface area contributed by atoms with Crippen molar-refractivity contribution in [3.05, 3.63) is 32.1 Å². The molecule has 1 N–H and O–H groups in total. The van der Waals surface area contributed by atoms with Gasteiger partial charge >= 0.3 is 5.97 Å². The van der Waals surface area contributed by atoms with Gasteiger partial charge in [-0.25, -0.2) is 4.98 Å².